The van der Waals surface area contributed by atoms with E-state index in [0.29, 0.717) is 5.56 Å². The maximum Gasteiger partial charge on any atom is 0.418 e. The molecule has 0 amide bonds. The van der Waals surface area contributed by atoms with E-state index in [4.69, 9.17) is 4.89 Å². The first-order valence-electron chi connectivity index (χ1n) is 9.17. The van der Waals surface area contributed by atoms with Gasteiger partial charge in [-0.05, 0) is 39.9 Å². The number of benzene rings is 3. The number of rotatable bonds is 2. The molecular formula is C23H15F3O3. The van der Waals surface area contributed by atoms with Crippen LogP contribution < -0.4 is 0 Å². The van der Waals surface area contributed by atoms with Gasteiger partial charge in [0.2, 0.25) is 6.10 Å². The number of Topliss-reactive ketones (excluding diaryl/α,β-unsaturated/α-hetero) is 1. The average Bonchev–Trinajstić information content (AvgIpc) is 3.28. The SMILES string of the molecule is O=C1c2cc(-c3ccccc3)c(-c3ccccc3)cc2C2OOC(C(F)(F)F)C12. The van der Waals surface area contributed by atoms with Crippen molar-refractivity contribution < 1.29 is 27.7 Å². The fourth-order valence-corrected chi connectivity index (χ4v) is 4.13. The van der Waals surface area contributed by atoms with Crippen molar-refractivity contribution in [2.24, 2.45) is 5.92 Å². The van der Waals surface area contributed by atoms with Crippen LogP contribution in [0.1, 0.15) is 22.0 Å². The summed E-state index contributed by atoms with van der Waals surface area (Å²) in [5.74, 6) is -2.01. The van der Waals surface area contributed by atoms with Gasteiger partial charge in [0.05, 0.1) is 5.92 Å². The summed E-state index contributed by atoms with van der Waals surface area (Å²) in [5, 5.41) is 0. The molecule has 3 aromatic rings. The van der Waals surface area contributed by atoms with E-state index in [9.17, 15) is 18.0 Å². The van der Waals surface area contributed by atoms with E-state index in [1.807, 2.05) is 60.7 Å². The standard InChI is InChI=1S/C23H15F3O3/c24-23(25,26)22-19-20(27)17-11-15(13-7-3-1-4-8-13)16(14-9-5-2-6-10-14)12-18(17)21(19)28-29-22/h1-12,19,21-22H. The molecule has 0 saturated carbocycles. The number of ketones is 1. The van der Waals surface area contributed by atoms with Gasteiger partial charge in [-0.3, -0.25) is 4.79 Å². The molecule has 0 bridgehead atoms. The van der Waals surface area contributed by atoms with Crippen molar-refractivity contribution in [3.8, 4) is 22.3 Å². The molecular weight excluding hydrogens is 381 g/mol. The van der Waals surface area contributed by atoms with E-state index in [2.05, 4.69) is 4.89 Å². The average molecular weight is 396 g/mol. The second-order valence-corrected chi connectivity index (χ2v) is 7.18. The van der Waals surface area contributed by atoms with E-state index in [0.717, 1.165) is 22.3 Å². The van der Waals surface area contributed by atoms with Gasteiger partial charge in [-0.2, -0.15) is 13.2 Å². The molecule has 1 aliphatic heterocycles. The number of alkyl halides is 3. The monoisotopic (exact) mass is 396 g/mol. The Morgan fingerprint density at radius 2 is 1.28 bits per heavy atom. The van der Waals surface area contributed by atoms with Gasteiger partial charge in [0, 0.05) is 5.56 Å². The van der Waals surface area contributed by atoms with Crippen molar-refractivity contribution in [2.75, 3.05) is 0 Å². The summed E-state index contributed by atoms with van der Waals surface area (Å²) in [4.78, 5) is 22.4. The minimum Gasteiger partial charge on any atom is -0.294 e. The van der Waals surface area contributed by atoms with Crippen molar-refractivity contribution in [1.82, 2.24) is 0 Å². The van der Waals surface area contributed by atoms with Gasteiger partial charge in [0.25, 0.3) is 0 Å². The molecule has 3 atom stereocenters. The van der Waals surface area contributed by atoms with Crippen molar-refractivity contribution in [3.63, 3.8) is 0 Å². The number of halogens is 3. The van der Waals surface area contributed by atoms with Crippen molar-refractivity contribution in [2.45, 2.75) is 18.4 Å². The lowest BCUT2D eigenvalue weighted by atomic mass is 9.90. The second-order valence-electron chi connectivity index (χ2n) is 7.18. The fraction of sp³-hybridized carbons (Fsp3) is 0.174. The molecule has 3 aromatic carbocycles. The molecule has 3 nitrogen and oxygen atoms in total. The predicted octanol–water partition coefficient (Wildman–Crippen LogP) is 5.77. The first-order valence-corrected chi connectivity index (χ1v) is 9.17. The third-order valence-corrected chi connectivity index (χ3v) is 5.47. The third kappa shape index (κ3) is 2.87. The Morgan fingerprint density at radius 1 is 0.724 bits per heavy atom. The lowest BCUT2D eigenvalue weighted by Crippen LogP contribution is -2.37. The Balaban J connectivity index is 1.70. The van der Waals surface area contributed by atoms with Crippen LogP contribution in [0.25, 0.3) is 22.3 Å². The molecule has 0 radical (unpaired) electrons. The Morgan fingerprint density at radius 3 is 1.83 bits per heavy atom. The fourth-order valence-electron chi connectivity index (χ4n) is 4.13. The second kappa shape index (κ2) is 6.54. The number of carbonyl (C=O) groups is 1. The highest BCUT2D eigenvalue weighted by molar-refractivity contribution is 6.06. The van der Waals surface area contributed by atoms with Crippen LogP contribution in [0, 0.1) is 5.92 Å². The topological polar surface area (TPSA) is 35.5 Å². The summed E-state index contributed by atoms with van der Waals surface area (Å²) >= 11 is 0. The van der Waals surface area contributed by atoms with Crippen molar-refractivity contribution >= 4 is 5.78 Å². The summed E-state index contributed by atoms with van der Waals surface area (Å²) in [6, 6.07) is 22.4. The zero-order valence-corrected chi connectivity index (χ0v) is 15.0. The first kappa shape index (κ1) is 18.1. The molecule has 5 rings (SSSR count). The maximum atomic E-state index is 13.3. The van der Waals surface area contributed by atoms with E-state index < -0.39 is 30.1 Å². The molecule has 0 N–H and O–H groups in total. The number of carbonyl (C=O) groups excluding carboxylic acids is 1. The highest BCUT2D eigenvalue weighted by atomic mass is 19.4. The Bertz CT molecular complexity index is 1080. The van der Waals surface area contributed by atoms with Crippen LogP contribution in [0.2, 0.25) is 0 Å². The smallest absolute Gasteiger partial charge is 0.294 e. The molecule has 0 aromatic heterocycles. The van der Waals surface area contributed by atoms with Gasteiger partial charge in [0.1, 0.15) is 6.10 Å². The Hall–Kier alpha value is -2.96. The third-order valence-electron chi connectivity index (χ3n) is 5.47. The van der Waals surface area contributed by atoms with Crippen LogP contribution in [-0.4, -0.2) is 18.1 Å². The van der Waals surface area contributed by atoms with Crippen LogP contribution in [-0.2, 0) is 9.78 Å². The van der Waals surface area contributed by atoms with Gasteiger partial charge < -0.3 is 0 Å². The molecule has 1 saturated heterocycles. The molecule has 3 unspecified atom stereocenters. The summed E-state index contributed by atoms with van der Waals surface area (Å²) in [7, 11) is 0. The summed E-state index contributed by atoms with van der Waals surface area (Å²) in [6.07, 6.45) is -7.99. The quantitative estimate of drug-likeness (QED) is 0.516. The number of fused-ring (bicyclic) bond motifs is 3. The van der Waals surface area contributed by atoms with Gasteiger partial charge in [0.15, 0.2) is 5.78 Å². The normalized spacial score (nSPS) is 23.1. The molecule has 29 heavy (non-hydrogen) atoms. The molecule has 1 aliphatic carbocycles. The number of hydrogen-bond donors (Lipinski definition) is 0. The maximum absolute atomic E-state index is 13.3. The lowest BCUT2D eigenvalue weighted by Gasteiger charge is -2.16. The van der Waals surface area contributed by atoms with E-state index in [1.165, 1.54) is 0 Å². The van der Waals surface area contributed by atoms with Gasteiger partial charge in [-0.1, -0.05) is 60.7 Å². The van der Waals surface area contributed by atoms with Crippen molar-refractivity contribution in [3.05, 3.63) is 83.9 Å². The lowest BCUT2D eigenvalue weighted by molar-refractivity contribution is -0.348. The van der Waals surface area contributed by atoms with Gasteiger partial charge in [-0.25, -0.2) is 9.78 Å². The minimum atomic E-state index is -4.68. The van der Waals surface area contributed by atoms with Crippen LogP contribution in [0.4, 0.5) is 13.2 Å². The predicted molar refractivity (Wildman–Crippen MR) is 99.9 cm³/mol. The van der Waals surface area contributed by atoms with E-state index in [-0.39, 0.29) is 5.56 Å². The molecule has 1 heterocycles. The Labute approximate surface area is 164 Å². The molecule has 2 aliphatic rings. The molecule has 1 fully saturated rings. The van der Waals surface area contributed by atoms with E-state index in [1.54, 1.807) is 12.1 Å². The summed E-state index contributed by atoms with van der Waals surface area (Å²) < 4.78 is 40.0. The van der Waals surface area contributed by atoms with Crippen molar-refractivity contribution in [1.29, 1.82) is 0 Å². The number of hydrogen-bond acceptors (Lipinski definition) is 3. The minimum absolute atomic E-state index is 0.260. The van der Waals surface area contributed by atoms with Gasteiger partial charge in [-0.15, -0.1) is 0 Å². The highest BCUT2D eigenvalue weighted by Gasteiger charge is 2.61. The molecule has 146 valence electrons. The van der Waals surface area contributed by atoms with Crippen LogP contribution >= 0.6 is 0 Å². The Kier molecular flexibility index (Phi) is 4.08. The summed E-state index contributed by atoms with van der Waals surface area (Å²) in [5.41, 5.74) is 4.08. The zero-order valence-electron chi connectivity index (χ0n) is 15.0. The van der Waals surface area contributed by atoms with Crippen LogP contribution in [0.5, 0.6) is 0 Å². The van der Waals surface area contributed by atoms with Gasteiger partial charge >= 0.3 is 6.18 Å². The highest BCUT2D eigenvalue weighted by Crippen LogP contribution is 2.52. The summed E-state index contributed by atoms with van der Waals surface area (Å²) in [6.45, 7) is 0. The van der Waals surface area contributed by atoms with Crippen LogP contribution in [0.3, 0.4) is 0 Å². The largest absolute Gasteiger partial charge is 0.418 e. The van der Waals surface area contributed by atoms with Crippen LogP contribution in [0.15, 0.2) is 72.8 Å². The molecule has 0 spiro atoms. The zero-order chi connectivity index (χ0) is 20.2. The molecule has 6 heteroatoms. The first-order chi connectivity index (χ1) is 13.9. The van der Waals surface area contributed by atoms with E-state index >= 15 is 0 Å².